The zero-order valence-electron chi connectivity index (χ0n) is 19.4. The van der Waals surface area contributed by atoms with E-state index in [2.05, 4.69) is 109 Å². The van der Waals surface area contributed by atoms with Crippen LogP contribution < -0.4 is 0 Å². The monoisotopic (exact) mass is 463 g/mol. The summed E-state index contributed by atoms with van der Waals surface area (Å²) >= 11 is 0. The van der Waals surface area contributed by atoms with E-state index in [1.54, 1.807) is 6.20 Å². The van der Waals surface area contributed by atoms with E-state index < -0.39 is 0 Å². The third kappa shape index (κ3) is 3.21. The van der Waals surface area contributed by atoms with E-state index in [-0.39, 0.29) is 0 Å². The first-order valence-electron chi connectivity index (χ1n) is 11.9. The van der Waals surface area contributed by atoms with Crippen LogP contribution in [0.3, 0.4) is 0 Å². The highest BCUT2D eigenvalue weighted by Crippen LogP contribution is 2.33. The predicted molar refractivity (Wildman–Crippen MR) is 144 cm³/mol. The topological polar surface area (TPSA) is 48.5 Å². The summed E-state index contributed by atoms with van der Waals surface area (Å²) in [7, 11) is 0. The Balaban J connectivity index is 1.41. The first kappa shape index (κ1) is 20.4. The molecule has 0 spiro atoms. The Morgan fingerprint density at radius 2 is 1.00 bits per heavy atom. The van der Waals surface area contributed by atoms with Gasteiger partial charge < -0.3 is 4.57 Å². The summed E-state index contributed by atoms with van der Waals surface area (Å²) in [6, 6.07) is 41.6. The van der Waals surface area contributed by atoms with Gasteiger partial charge in [0.05, 0.1) is 11.0 Å². The lowest BCUT2D eigenvalue weighted by molar-refractivity contribution is 1.05. The van der Waals surface area contributed by atoms with Crippen molar-refractivity contribution in [3.63, 3.8) is 0 Å². The Morgan fingerprint density at radius 1 is 0.444 bits per heavy atom. The van der Waals surface area contributed by atoms with Crippen molar-refractivity contribution in [3.05, 3.63) is 128 Å². The number of fused-ring (bicyclic) bond motifs is 3. The van der Waals surface area contributed by atoms with Crippen molar-refractivity contribution in [3.8, 4) is 34.3 Å². The molecular weight excluding hydrogens is 442 g/mol. The second-order valence-corrected chi connectivity index (χ2v) is 8.65. The molecule has 7 rings (SSSR count). The predicted octanol–water partition coefficient (Wildman–Crippen LogP) is 7.09. The fourth-order valence-electron chi connectivity index (χ4n) is 4.92. The summed E-state index contributed by atoms with van der Waals surface area (Å²) in [4.78, 5) is 4.54. The molecule has 0 atom stereocenters. The van der Waals surface area contributed by atoms with Crippen LogP contribution in [0.4, 0.5) is 0 Å². The van der Waals surface area contributed by atoms with E-state index in [0.717, 1.165) is 28.5 Å². The zero-order valence-corrected chi connectivity index (χ0v) is 19.4. The Kier molecular flexibility index (Phi) is 4.71. The minimum absolute atomic E-state index is 0.707. The van der Waals surface area contributed by atoms with Crippen molar-refractivity contribution in [1.82, 2.24) is 24.3 Å². The lowest BCUT2D eigenvalue weighted by Crippen LogP contribution is -2.02. The SMILES string of the molecule is c1ccc(-c2nnc(-c3ccccn3)n2-c2ccc(-n3c4ccccc4c4ccccc43)cc2)cc1. The molecule has 0 radical (unpaired) electrons. The van der Waals surface area contributed by atoms with Crippen molar-refractivity contribution < 1.29 is 0 Å². The molecule has 170 valence electrons. The maximum atomic E-state index is 4.56. The van der Waals surface area contributed by atoms with Crippen LogP contribution in [-0.2, 0) is 0 Å². The van der Waals surface area contributed by atoms with Crippen LogP contribution in [0, 0.1) is 0 Å². The van der Waals surface area contributed by atoms with Crippen LogP contribution in [-0.4, -0.2) is 24.3 Å². The highest BCUT2D eigenvalue weighted by Gasteiger charge is 2.18. The van der Waals surface area contributed by atoms with Crippen LogP contribution >= 0.6 is 0 Å². The Bertz CT molecular complexity index is 1700. The molecule has 0 saturated carbocycles. The molecule has 5 heteroatoms. The average Bonchev–Trinajstić information content (AvgIpc) is 3.54. The minimum Gasteiger partial charge on any atom is -0.309 e. The molecule has 0 fully saturated rings. The van der Waals surface area contributed by atoms with Crippen molar-refractivity contribution in [2.75, 3.05) is 0 Å². The van der Waals surface area contributed by atoms with Crippen LogP contribution in [0.25, 0.3) is 56.1 Å². The molecule has 0 amide bonds. The highest BCUT2D eigenvalue weighted by atomic mass is 15.3. The van der Waals surface area contributed by atoms with Crippen LogP contribution in [0.5, 0.6) is 0 Å². The molecule has 0 unspecified atom stereocenters. The summed E-state index contributed by atoms with van der Waals surface area (Å²) in [5.41, 5.74) is 6.23. The normalized spacial score (nSPS) is 11.3. The van der Waals surface area contributed by atoms with Crippen molar-refractivity contribution in [2.45, 2.75) is 0 Å². The fraction of sp³-hybridized carbons (Fsp3) is 0. The van der Waals surface area contributed by atoms with Gasteiger partial charge in [-0.15, -0.1) is 10.2 Å². The Hall–Kier alpha value is -5.03. The van der Waals surface area contributed by atoms with Crippen molar-refractivity contribution >= 4 is 21.8 Å². The van der Waals surface area contributed by atoms with Crippen LogP contribution in [0.15, 0.2) is 128 Å². The van der Waals surface area contributed by atoms with Crippen molar-refractivity contribution in [2.24, 2.45) is 0 Å². The molecule has 3 heterocycles. The van der Waals surface area contributed by atoms with Gasteiger partial charge in [0, 0.05) is 33.9 Å². The molecule has 4 aromatic carbocycles. The van der Waals surface area contributed by atoms with Gasteiger partial charge >= 0.3 is 0 Å². The van der Waals surface area contributed by atoms with Gasteiger partial charge in [0.15, 0.2) is 11.6 Å². The maximum Gasteiger partial charge on any atom is 0.187 e. The van der Waals surface area contributed by atoms with Gasteiger partial charge in [0.25, 0.3) is 0 Å². The summed E-state index contributed by atoms with van der Waals surface area (Å²) < 4.78 is 4.39. The fourth-order valence-corrected chi connectivity index (χ4v) is 4.92. The molecule has 0 N–H and O–H groups in total. The molecule has 3 aromatic heterocycles. The second kappa shape index (κ2) is 8.32. The summed E-state index contributed by atoms with van der Waals surface area (Å²) in [5, 5.41) is 11.6. The van der Waals surface area contributed by atoms with Gasteiger partial charge in [0.2, 0.25) is 0 Å². The Labute approximate surface area is 207 Å². The number of para-hydroxylation sites is 2. The molecule has 36 heavy (non-hydrogen) atoms. The van der Waals surface area contributed by atoms with Gasteiger partial charge in [-0.25, -0.2) is 0 Å². The number of hydrogen-bond acceptors (Lipinski definition) is 3. The molecular formula is C31H21N5. The highest BCUT2D eigenvalue weighted by molar-refractivity contribution is 6.09. The first-order chi connectivity index (χ1) is 17.9. The van der Waals surface area contributed by atoms with E-state index in [1.807, 2.05) is 36.4 Å². The lowest BCUT2D eigenvalue weighted by Gasteiger charge is -2.13. The van der Waals surface area contributed by atoms with Crippen molar-refractivity contribution in [1.29, 1.82) is 0 Å². The number of rotatable bonds is 4. The molecule has 0 bridgehead atoms. The van der Waals surface area contributed by atoms with Gasteiger partial charge in [0.1, 0.15) is 5.69 Å². The molecule has 5 nitrogen and oxygen atoms in total. The van der Waals surface area contributed by atoms with E-state index in [9.17, 15) is 0 Å². The van der Waals surface area contributed by atoms with Gasteiger partial charge in [-0.1, -0.05) is 72.8 Å². The van der Waals surface area contributed by atoms with Gasteiger partial charge in [-0.05, 0) is 48.5 Å². The average molecular weight is 464 g/mol. The zero-order chi connectivity index (χ0) is 23.9. The molecule has 0 saturated heterocycles. The van der Waals surface area contributed by atoms with E-state index in [1.165, 1.54) is 21.8 Å². The number of benzene rings is 4. The number of hydrogen-bond donors (Lipinski definition) is 0. The summed E-state index contributed by atoms with van der Waals surface area (Å²) in [6.45, 7) is 0. The largest absolute Gasteiger partial charge is 0.309 e. The smallest absolute Gasteiger partial charge is 0.187 e. The Morgan fingerprint density at radius 3 is 1.64 bits per heavy atom. The summed E-state index contributed by atoms with van der Waals surface area (Å²) in [6.07, 6.45) is 1.78. The third-order valence-corrected chi connectivity index (χ3v) is 6.54. The number of nitrogens with zero attached hydrogens (tertiary/aromatic N) is 5. The molecule has 0 aliphatic rings. The molecule has 7 aromatic rings. The number of aromatic nitrogens is 5. The lowest BCUT2D eigenvalue weighted by atomic mass is 10.2. The number of pyridine rings is 1. The molecule has 0 aliphatic carbocycles. The van der Waals surface area contributed by atoms with Gasteiger partial charge in [-0.3, -0.25) is 9.55 Å². The third-order valence-electron chi connectivity index (χ3n) is 6.54. The maximum absolute atomic E-state index is 4.56. The van der Waals surface area contributed by atoms with Crippen LogP contribution in [0.1, 0.15) is 0 Å². The van der Waals surface area contributed by atoms with E-state index in [4.69, 9.17) is 0 Å². The first-order valence-corrected chi connectivity index (χ1v) is 11.9. The molecule has 0 aliphatic heterocycles. The van der Waals surface area contributed by atoms with E-state index in [0.29, 0.717) is 5.82 Å². The summed E-state index contributed by atoms with van der Waals surface area (Å²) in [5.74, 6) is 1.49. The second-order valence-electron chi connectivity index (χ2n) is 8.65. The minimum atomic E-state index is 0.707. The van der Waals surface area contributed by atoms with Gasteiger partial charge in [-0.2, -0.15) is 0 Å². The quantitative estimate of drug-likeness (QED) is 0.280. The van der Waals surface area contributed by atoms with Crippen LogP contribution in [0.2, 0.25) is 0 Å². The van der Waals surface area contributed by atoms with E-state index >= 15 is 0 Å². The standard InChI is InChI=1S/C31H21N5/c1-2-10-22(11-3-1)30-33-34-31(27-14-8-9-21-32-27)36(30)24-19-17-23(18-20-24)35-28-15-6-4-12-25(28)26-13-5-7-16-29(26)35/h1-21H.